The molecular formula is C75H138O17P2. The molecule has 0 fully saturated rings. The molecular weight excluding hydrogens is 1230 g/mol. The second-order valence-corrected chi connectivity index (χ2v) is 28.5. The third-order valence-electron chi connectivity index (χ3n) is 16.3. The van der Waals surface area contributed by atoms with Gasteiger partial charge in [0.15, 0.2) is 12.2 Å². The summed E-state index contributed by atoms with van der Waals surface area (Å²) in [5.74, 6) is -2.18. The minimum Gasteiger partial charge on any atom is -0.462 e. The van der Waals surface area contributed by atoms with Crippen molar-refractivity contribution in [1.29, 1.82) is 0 Å². The van der Waals surface area contributed by atoms with Gasteiger partial charge in [0.2, 0.25) is 0 Å². The Kier molecular flexibility index (Phi) is 66.4. The van der Waals surface area contributed by atoms with Crippen LogP contribution in [0.15, 0.2) is 48.6 Å². The average Bonchev–Trinajstić information content (AvgIpc) is 2.26. The molecule has 0 spiro atoms. The van der Waals surface area contributed by atoms with Crippen LogP contribution in [0.2, 0.25) is 0 Å². The third-order valence-corrected chi connectivity index (χ3v) is 18.2. The Morgan fingerprint density at radius 2 is 0.521 bits per heavy atom. The summed E-state index contributed by atoms with van der Waals surface area (Å²) in [4.78, 5) is 72.7. The van der Waals surface area contributed by atoms with Crippen molar-refractivity contribution in [3.8, 4) is 0 Å². The predicted octanol–water partition coefficient (Wildman–Crippen LogP) is 21.3. The maximum atomic E-state index is 13.1. The number of esters is 4. The van der Waals surface area contributed by atoms with Crippen molar-refractivity contribution in [3.63, 3.8) is 0 Å². The number of carbonyl (C=O) groups is 4. The Labute approximate surface area is 572 Å². The first-order chi connectivity index (χ1) is 45.7. The number of carbonyl (C=O) groups excluding carboxylic acids is 4. The summed E-state index contributed by atoms with van der Waals surface area (Å²) < 4.78 is 68.4. The van der Waals surface area contributed by atoms with Gasteiger partial charge in [0.25, 0.3) is 0 Å². The molecule has 94 heavy (non-hydrogen) atoms. The van der Waals surface area contributed by atoms with E-state index in [4.69, 9.17) is 37.0 Å². The fourth-order valence-corrected chi connectivity index (χ4v) is 12.0. The first-order valence-electron chi connectivity index (χ1n) is 37.9. The number of phosphoric ester groups is 2. The maximum absolute atomic E-state index is 13.1. The summed E-state index contributed by atoms with van der Waals surface area (Å²) in [5, 5.41) is 10.6. The first kappa shape index (κ1) is 91.0. The molecule has 0 amide bonds. The largest absolute Gasteiger partial charge is 0.472 e. The van der Waals surface area contributed by atoms with Gasteiger partial charge < -0.3 is 33.8 Å². The molecule has 0 heterocycles. The van der Waals surface area contributed by atoms with Crippen LogP contribution in [-0.4, -0.2) is 96.7 Å². The van der Waals surface area contributed by atoms with Crippen LogP contribution in [-0.2, 0) is 65.4 Å². The van der Waals surface area contributed by atoms with Gasteiger partial charge in [-0.3, -0.25) is 37.3 Å². The lowest BCUT2D eigenvalue weighted by atomic mass is 10.0. The molecule has 5 atom stereocenters. The summed E-state index contributed by atoms with van der Waals surface area (Å²) in [6, 6.07) is 0. The second-order valence-electron chi connectivity index (χ2n) is 25.6. The normalized spacial score (nSPS) is 14.2. The van der Waals surface area contributed by atoms with Crippen LogP contribution < -0.4 is 0 Å². The molecule has 17 nitrogen and oxygen atoms in total. The first-order valence-corrected chi connectivity index (χ1v) is 40.9. The number of unbranched alkanes of at least 4 members (excludes halogenated alkanes) is 39. The lowest BCUT2D eigenvalue weighted by Gasteiger charge is -2.21. The van der Waals surface area contributed by atoms with E-state index in [1.165, 1.54) is 135 Å². The highest BCUT2D eigenvalue weighted by Crippen LogP contribution is 2.45. The van der Waals surface area contributed by atoms with Gasteiger partial charge in [0.05, 0.1) is 26.4 Å². The third kappa shape index (κ3) is 67.6. The number of aliphatic hydroxyl groups excluding tert-OH is 1. The van der Waals surface area contributed by atoms with Crippen LogP contribution in [0, 0.1) is 0 Å². The van der Waals surface area contributed by atoms with Crippen LogP contribution in [0.4, 0.5) is 0 Å². The fraction of sp³-hybridized carbons (Fsp3) is 0.840. The van der Waals surface area contributed by atoms with E-state index in [0.29, 0.717) is 25.7 Å². The molecule has 0 rings (SSSR count). The Morgan fingerprint density at radius 3 is 0.809 bits per heavy atom. The zero-order valence-corrected chi connectivity index (χ0v) is 61.7. The molecule has 0 bridgehead atoms. The van der Waals surface area contributed by atoms with Gasteiger partial charge in [-0.2, -0.15) is 0 Å². The van der Waals surface area contributed by atoms with Crippen LogP contribution in [0.5, 0.6) is 0 Å². The SMILES string of the molecule is CCCCCC/C=C\C=C/CCCCCCCC(=O)O[C@H](COC(=O)CCCCCCC/C=C\CCCCCC)COP(=O)(O)OC[C@@H](O)COP(=O)(O)OC[C@@H](COC(=O)CCCCCCCCCCCCCCC)OC(=O)CCCCCCC/C=C\CCCCCC. The number of phosphoric acid groups is 2. The van der Waals surface area contributed by atoms with E-state index in [1.54, 1.807) is 0 Å². The van der Waals surface area contributed by atoms with E-state index in [-0.39, 0.29) is 25.7 Å². The second kappa shape index (κ2) is 68.5. The van der Waals surface area contributed by atoms with Gasteiger partial charge >= 0.3 is 39.5 Å². The summed E-state index contributed by atoms with van der Waals surface area (Å²) in [5.41, 5.74) is 0. The highest BCUT2D eigenvalue weighted by Gasteiger charge is 2.30. The molecule has 0 saturated carbocycles. The summed E-state index contributed by atoms with van der Waals surface area (Å²) in [6.45, 7) is 4.84. The van der Waals surface area contributed by atoms with E-state index in [1.807, 2.05) is 0 Å². The van der Waals surface area contributed by atoms with Gasteiger partial charge in [-0.15, -0.1) is 0 Å². The van der Waals surface area contributed by atoms with Crippen molar-refractivity contribution in [2.75, 3.05) is 39.6 Å². The lowest BCUT2D eigenvalue weighted by molar-refractivity contribution is -0.161. The molecule has 19 heteroatoms. The van der Waals surface area contributed by atoms with Crippen molar-refractivity contribution in [1.82, 2.24) is 0 Å². The van der Waals surface area contributed by atoms with Gasteiger partial charge in [0.1, 0.15) is 19.3 Å². The predicted molar refractivity (Wildman–Crippen MR) is 381 cm³/mol. The lowest BCUT2D eigenvalue weighted by Crippen LogP contribution is -2.30. The molecule has 2 unspecified atom stereocenters. The zero-order valence-electron chi connectivity index (χ0n) is 59.9. The Balaban J connectivity index is 5.33. The zero-order chi connectivity index (χ0) is 69.0. The van der Waals surface area contributed by atoms with Crippen molar-refractivity contribution in [2.24, 2.45) is 0 Å². The van der Waals surface area contributed by atoms with Gasteiger partial charge in [-0.1, -0.05) is 269 Å². The number of allylic oxidation sites excluding steroid dienone is 8. The number of ether oxygens (including phenoxy) is 4. The van der Waals surface area contributed by atoms with Gasteiger partial charge in [-0.05, 0) is 103 Å². The molecule has 0 aliphatic rings. The fourth-order valence-electron chi connectivity index (χ4n) is 10.4. The van der Waals surface area contributed by atoms with Crippen LogP contribution >= 0.6 is 15.6 Å². The molecule has 0 aromatic rings. The van der Waals surface area contributed by atoms with Crippen LogP contribution in [0.3, 0.4) is 0 Å². The topological polar surface area (TPSA) is 237 Å². The van der Waals surface area contributed by atoms with E-state index >= 15 is 0 Å². The van der Waals surface area contributed by atoms with Crippen molar-refractivity contribution in [2.45, 2.75) is 367 Å². The van der Waals surface area contributed by atoms with Crippen molar-refractivity contribution in [3.05, 3.63) is 48.6 Å². The Bertz CT molecular complexity index is 1980. The van der Waals surface area contributed by atoms with Gasteiger partial charge in [-0.25, -0.2) is 9.13 Å². The minimum absolute atomic E-state index is 0.0803. The van der Waals surface area contributed by atoms with Crippen molar-refractivity contribution < 1.29 is 80.2 Å². The number of hydrogen-bond donors (Lipinski definition) is 3. The smallest absolute Gasteiger partial charge is 0.462 e. The maximum Gasteiger partial charge on any atom is 0.472 e. The standard InChI is InChI=1S/C75H138O17P2/c1-5-9-13-17-21-25-29-33-34-38-42-46-50-54-58-62-75(80)92-71(66-86-73(78)60-56-52-48-44-40-36-31-27-23-19-15-11-7-3)68-90-94(83,84)88-64-69(76)63-87-93(81,82)89-67-70(91-74(79)61-57-53-49-45-41-37-32-28-24-20-16-12-8-4)65-85-72(77)59-55-51-47-43-39-35-30-26-22-18-14-10-6-2/h25,27-29,31-34,69-71,76H,5-24,26,30,35-68H2,1-4H3,(H,81,82)(H,83,84)/b29-25-,31-27-,32-28-,34-33-/t69-,70+,71+/m0/s1. The van der Waals surface area contributed by atoms with E-state index in [2.05, 4.69) is 76.3 Å². The molecule has 0 saturated heterocycles. The molecule has 0 aromatic heterocycles. The summed E-state index contributed by atoms with van der Waals surface area (Å²) >= 11 is 0. The van der Waals surface area contributed by atoms with E-state index in [9.17, 15) is 43.2 Å². The van der Waals surface area contributed by atoms with Gasteiger partial charge in [0, 0.05) is 25.7 Å². The molecule has 0 aromatic carbocycles. The molecule has 550 valence electrons. The highest BCUT2D eigenvalue weighted by atomic mass is 31.2. The molecule has 0 radical (unpaired) electrons. The highest BCUT2D eigenvalue weighted by molar-refractivity contribution is 7.47. The quantitative estimate of drug-likeness (QED) is 0.0128. The van der Waals surface area contributed by atoms with Crippen molar-refractivity contribution >= 4 is 39.5 Å². The Hall–Kier alpha value is -2.98. The molecule has 0 aliphatic heterocycles. The Morgan fingerprint density at radius 1 is 0.298 bits per heavy atom. The van der Waals surface area contributed by atoms with Crippen LogP contribution in [0.25, 0.3) is 0 Å². The summed E-state index contributed by atoms with van der Waals surface area (Å²) in [6.07, 6.45) is 63.8. The van der Waals surface area contributed by atoms with Crippen LogP contribution in [0.1, 0.15) is 349 Å². The number of hydrogen-bond acceptors (Lipinski definition) is 15. The van der Waals surface area contributed by atoms with E-state index in [0.717, 1.165) is 135 Å². The monoisotopic (exact) mass is 1370 g/mol. The minimum atomic E-state index is -4.97. The molecule has 0 aliphatic carbocycles. The van der Waals surface area contributed by atoms with E-state index < -0.39 is 97.5 Å². The summed E-state index contributed by atoms with van der Waals surface area (Å²) in [7, 11) is -9.93. The molecule has 3 N–H and O–H groups in total. The number of aliphatic hydroxyl groups is 1. The number of rotatable bonds is 72. The average molecular weight is 1370 g/mol.